The van der Waals surface area contributed by atoms with E-state index < -0.39 is 17.5 Å². The topological polar surface area (TPSA) is 84.7 Å². The molecule has 0 bridgehead atoms. The third-order valence-electron chi connectivity index (χ3n) is 4.78. The minimum Gasteiger partial charge on any atom is -0.444 e. The Bertz CT molecular complexity index is 1330. The number of halogens is 1. The van der Waals surface area contributed by atoms with E-state index >= 15 is 0 Å². The van der Waals surface area contributed by atoms with Crippen molar-refractivity contribution in [3.63, 3.8) is 0 Å². The molecular weight excluding hydrogens is 467 g/mol. The molecule has 0 aliphatic carbocycles. The first-order valence-electron chi connectivity index (χ1n) is 10.9. The quantitative estimate of drug-likeness (QED) is 0.306. The van der Waals surface area contributed by atoms with Gasteiger partial charge in [-0.15, -0.1) is 11.8 Å². The fourth-order valence-electron chi connectivity index (χ4n) is 3.23. The van der Waals surface area contributed by atoms with Crippen LogP contribution < -0.4 is 10.6 Å². The van der Waals surface area contributed by atoms with Crippen molar-refractivity contribution in [2.75, 3.05) is 10.6 Å². The fraction of sp³-hybridized carbons (Fsp3) is 0.192. The highest BCUT2D eigenvalue weighted by atomic mass is 32.2. The maximum absolute atomic E-state index is 14.1. The van der Waals surface area contributed by atoms with Crippen molar-refractivity contribution in [1.82, 2.24) is 9.38 Å². The minimum atomic E-state index is -0.781. The number of hydrogen-bond donors (Lipinski definition) is 2. The predicted molar refractivity (Wildman–Crippen MR) is 135 cm³/mol. The van der Waals surface area contributed by atoms with Crippen LogP contribution in [0.1, 0.15) is 36.8 Å². The number of thioether (sulfide) groups is 1. The Morgan fingerprint density at radius 2 is 1.83 bits per heavy atom. The van der Waals surface area contributed by atoms with Gasteiger partial charge in [0.2, 0.25) is 0 Å². The molecule has 2 heterocycles. The van der Waals surface area contributed by atoms with Crippen molar-refractivity contribution < 1.29 is 18.7 Å². The molecule has 4 aromatic rings. The number of benzene rings is 2. The van der Waals surface area contributed by atoms with E-state index in [0.29, 0.717) is 17.0 Å². The van der Waals surface area contributed by atoms with Crippen molar-refractivity contribution in [3.8, 4) is 0 Å². The number of carbonyl (C=O) groups is 2. The maximum Gasteiger partial charge on any atom is 0.412 e. The van der Waals surface area contributed by atoms with Gasteiger partial charge in [0.05, 0.1) is 11.4 Å². The number of ether oxygens (including phenoxy) is 1. The minimum absolute atomic E-state index is 0.0873. The monoisotopic (exact) mass is 492 g/mol. The van der Waals surface area contributed by atoms with Crippen LogP contribution in [0.2, 0.25) is 0 Å². The highest BCUT2D eigenvalue weighted by molar-refractivity contribution is 7.98. The average molecular weight is 493 g/mol. The lowest BCUT2D eigenvalue weighted by atomic mass is 10.2. The summed E-state index contributed by atoms with van der Waals surface area (Å²) in [6.07, 6.45) is 3.18. The van der Waals surface area contributed by atoms with Crippen molar-refractivity contribution in [2.24, 2.45) is 0 Å². The molecule has 7 nitrogen and oxygen atoms in total. The Hall–Kier alpha value is -3.85. The molecule has 2 aromatic heterocycles. The Labute approximate surface area is 206 Å². The number of nitrogens with one attached hydrogen (secondary N) is 2. The molecule has 0 atom stereocenters. The highest BCUT2D eigenvalue weighted by Crippen LogP contribution is 2.24. The normalized spacial score (nSPS) is 11.3. The van der Waals surface area contributed by atoms with Crippen LogP contribution in [-0.2, 0) is 10.5 Å². The Balaban J connectivity index is 1.36. The highest BCUT2D eigenvalue weighted by Gasteiger charge is 2.18. The van der Waals surface area contributed by atoms with E-state index in [-0.39, 0.29) is 11.6 Å². The second-order valence-corrected chi connectivity index (χ2v) is 9.84. The first-order chi connectivity index (χ1) is 16.7. The Kier molecular flexibility index (Phi) is 7.07. The summed E-state index contributed by atoms with van der Waals surface area (Å²) in [4.78, 5) is 30.2. The largest absolute Gasteiger partial charge is 0.444 e. The third kappa shape index (κ3) is 6.60. The summed E-state index contributed by atoms with van der Waals surface area (Å²) in [5.74, 6) is -0.284. The van der Waals surface area contributed by atoms with Crippen LogP contribution in [0.4, 0.5) is 20.6 Å². The molecule has 0 aliphatic heterocycles. The van der Waals surface area contributed by atoms with Gasteiger partial charge in [0, 0.05) is 34.3 Å². The van der Waals surface area contributed by atoms with Crippen molar-refractivity contribution in [2.45, 2.75) is 37.0 Å². The van der Waals surface area contributed by atoms with Crippen molar-refractivity contribution in [1.29, 1.82) is 0 Å². The standard InChI is InChI=1S/C26H25FN4O3S/c1-26(2,3)34-25(33)30-22-14-18(9-12-21(22)27)29-24(32)17-7-10-20(11-8-17)35-16-19-15-31-13-5-4-6-23(31)28-19/h4-15H,16H2,1-3H3,(H,29,32)(H,30,33). The first kappa shape index (κ1) is 24.3. The number of pyridine rings is 1. The molecule has 35 heavy (non-hydrogen) atoms. The van der Waals surface area contributed by atoms with Gasteiger partial charge in [0.15, 0.2) is 0 Å². The molecule has 0 saturated heterocycles. The van der Waals surface area contributed by atoms with Gasteiger partial charge in [-0.1, -0.05) is 6.07 Å². The first-order valence-corrected chi connectivity index (χ1v) is 11.9. The molecule has 180 valence electrons. The molecule has 2 N–H and O–H groups in total. The summed E-state index contributed by atoms with van der Waals surface area (Å²) in [7, 11) is 0. The number of amides is 2. The van der Waals surface area contributed by atoms with E-state index in [4.69, 9.17) is 4.74 Å². The van der Waals surface area contributed by atoms with Gasteiger partial charge >= 0.3 is 6.09 Å². The van der Waals surface area contributed by atoms with Crippen LogP contribution in [0.15, 0.2) is 78.0 Å². The predicted octanol–water partition coefficient (Wildman–Crippen LogP) is 6.37. The van der Waals surface area contributed by atoms with Crippen molar-refractivity contribution in [3.05, 3.63) is 90.1 Å². The third-order valence-corrected chi connectivity index (χ3v) is 5.82. The summed E-state index contributed by atoms with van der Waals surface area (Å²) >= 11 is 1.62. The Morgan fingerprint density at radius 3 is 2.54 bits per heavy atom. The lowest BCUT2D eigenvalue weighted by Crippen LogP contribution is -2.27. The van der Waals surface area contributed by atoms with Gasteiger partial charge < -0.3 is 14.5 Å². The summed E-state index contributed by atoms with van der Waals surface area (Å²) < 4.78 is 21.3. The number of nitrogens with zero attached hydrogens (tertiary/aromatic N) is 2. The van der Waals surface area contributed by atoms with Crippen molar-refractivity contribution >= 4 is 40.8 Å². The van der Waals surface area contributed by atoms with Gasteiger partial charge in [-0.05, 0) is 75.4 Å². The fourth-order valence-corrected chi connectivity index (χ4v) is 4.01. The molecule has 9 heteroatoms. The second-order valence-electron chi connectivity index (χ2n) is 8.79. The van der Waals surface area contributed by atoms with Crippen LogP contribution in [0.3, 0.4) is 0 Å². The SMILES string of the molecule is CC(C)(C)OC(=O)Nc1cc(NC(=O)c2ccc(SCc3cn4ccccc4n3)cc2)ccc1F. The lowest BCUT2D eigenvalue weighted by molar-refractivity contribution is 0.0635. The zero-order valence-electron chi connectivity index (χ0n) is 19.5. The van der Waals surface area contributed by atoms with E-state index in [9.17, 15) is 14.0 Å². The molecular formula is C26H25FN4O3S. The zero-order valence-corrected chi connectivity index (χ0v) is 20.4. The molecule has 0 fully saturated rings. The summed E-state index contributed by atoms with van der Waals surface area (Å²) in [6.45, 7) is 5.13. The number of aromatic nitrogens is 2. The van der Waals surface area contributed by atoms with E-state index in [1.165, 1.54) is 18.2 Å². The van der Waals surface area contributed by atoms with Crippen LogP contribution in [-0.4, -0.2) is 27.0 Å². The lowest BCUT2D eigenvalue weighted by Gasteiger charge is -2.20. The van der Waals surface area contributed by atoms with Gasteiger partial charge in [-0.25, -0.2) is 14.2 Å². The van der Waals surface area contributed by atoms with E-state index in [1.807, 2.05) is 47.1 Å². The molecule has 4 rings (SSSR count). The smallest absolute Gasteiger partial charge is 0.412 e. The summed E-state index contributed by atoms with van der Waals surface area (Å²) in [5.41, 5.74) is 1.86. The second kappa shape index (κ2) is 10.2. The van der Waals surface area contributed by atoms with Crippen LogP contribution in [0.5, 0.6) is 0 Å². The zero-order chi connectivity index (χ0) is 25.0. The molecule has 2 aromatic carbocycles. The maximum atomic E-state index is 14.1. The number of rotatable bonds is 6. The number of imidazole rings is 1. The van der Waals surface area contributed by atoms with Crippen LogP contribution in [0.25, 0.3) is 5.65 Å². The summed E-state index contributed by atoms with van der Waals surface area (Å²) in [5, 5.41) is 5.09. The number of hydrogen-bond acceptors (Lipinski definition) is 5. The van der Waals surface area contributed by atoms with E-state index in [2.05, 4.69) is 15.6 Å². The average Bonchev–Trinajstić information content (AvgIpc) is 3.22. The van der Waals surface area contributed by atoms with Crippen LogP contribution >= 0.6 is 11.8 Å². The number of fused-ring (bicyclic) bond motifs is 1. The number of carbonyl (C=O) groups excluding carboxylic acids is 2. The van der Waals surface area contributed by atoms with E-state index in [1.54, 1.807) is 44.7 Å². The van der Waals surface area contributed by atoms with Gasteiger partial charge in [-0.2, -0.15) is 0 Å². The molecule has 2 amide bonds. The molecule has 0 aliphatic rings. The van der Waals surface area contributed by atoms with Gasteiger partial charge in [0.25, 0.3) is 5.91 Å². The molecule has 0 saturated carbocycles. The molecule has 0 spiro atoms. The molecule has 0 unspecified atom stereocenters. The van der Waals surface area contributed by atoms with E-state index in [0.717, 1.165) is 16.2 Å². The van der Waals surface area contributed by atoms with Gasteiger partial charge in [-0.3, -0.25) is 10.1 Å². The Morgan fingerprint density at radius 1 is 1.06 bits per heavy atom. The van der Waals surface area contributed by atoms with Crippen LogP contribution in [0, 0.1) is 5.82 Å². The number of anilines is 2. The molecule has 0 radical (unpaired) electrons. The van der Waals surface area contributed by atoms with Gasteiger partial charge in [0.1, 0.15) is 17.1 Å². The summed E-state index contributed by atoms with van der Waals surface area (Å²) in [6, 6.07) is 17.0.